The Hall–Kier alpha value is -1.88. The first-order chi connectivity index (χ1) is 8.56. The van der Waals surface area contributed by atoms with Gasteiger partial charge in [-0.2, -0.15) is 0 Å². The van der Waals surface area contributed by atoms with Gasteiger partial charge in [-0.3, -0.25) is 0 Å². The number of aryl methyl sites for hydroxylation is 1. The van der Waals surface area contributed by atoms with Crippen LogP contribution in [0.3, 0.4) is 0 Å². The minimum atomic E-state index is -0.965. The van der Waals surface area contributed by atoms with Crippen LogP contribution in [0.5, 0.6) is 5.75 Å². The lowest BCUT2D eigenvalue weighted by Crippen LogP contribution is -1.98. The number of halogens is 1. The van der Waals surface area contributed by atoms with E-state index in [1.807, 2.05) is 0 Å². The molecule has 94 valence electrons. The molecule has 1 N–H and O–H groups in total. The number of carbonyl (C=O) groups is 1. The molecule has 3 nitrogen and oxygen atoms in total. The number of carboxylic acids is 1. The average molecular weight is 266 g/mol. The number of hydrogen-bond acceptors (Lipinski definition) is 3. The van der Waals surface area contributed by atoms with Crippen molar-refractivity contribution in [1.29, 1.82) is 0 Å². The number of carboxylic acid groups (broad SMARTS) is 1. The molecule has 5 heteroatoms. The zero-order chi connectivity index (χ0) is 13.1. The van der Waals surface area contributed by atoms with Gasteiger partial charge in [0.1, 0.15) is 23.1 Å². The maximum absolute atomic E-state index is 12.9. The van der Waals surface area contributed by atoms with Gasteiger partial charge in [0.05, 0.1) is 0 Å². The van der Waals surface area contributed by atoms with Crippen molar-refractivity contribution in [1.82, 2.24) is 0 Å². The Balaban J connectivity index is 2.04. The van der Waals surface area contributed by atoms with E-state index in [1.54, 1.807) is 18.4 Å². The molecule has 18 heavy (non-hydrogen) atoms. The minimum Gasteiger partial charge on any atom is -0.488 e. The highest BCUT2D eigenvalue weighted by atomic mass is 32.1. The van der Waals surface area contributed by atoms with Crippen molar-refractivity contribution in [3.63, 3.8) is 0 Å². The highest BCUT2D eigenvalue weighted by molar-refractivity contribution is 7.12. The lowest BCUT2D eigenvalue weighted by Gasteiger charge is -2.07. The predicted molar refractivity (Wildman–Crippen MR) is 66.7 cm³/mol. The Morgan fingerprint density at radius 1 is 1.44 bits per heavy atom. The number of hydrogen-bond donors (Lipinski definition) is 1. The molecule has 0 bridgehead atoms. The van der Waals surface area contributed by atoms with E-state index in [9.17, 15) is 9.18 Å². The number of aromatic carboxylic acids is 1. The summed E-state index contributed by atoms with van der Waals surface area (Å²) in [5, 5.41) is 10.4. The van der Waals surface area contributed by atoms with Gasteiger partial charge < -0.3 is 9.84 Å². The van der Waals surface area contributed by atoms with E-state index >= 15 is 0 Å². The third-order valence-electron chi connectivity index (χ3n) is 2.49. The summed E-state index contributed by atoms with van der Waals surface area (Å²) in [4.78, 5) is 10.9. The van der Waals surface area contributed by atoms with Gasteiger partial charge >= 0.3 is 5.97 Å². The van der Waals surface area contributed by atoms with Crippen LogP contribution < -0.4 is 4.74 Å². The van der Waals surface area contributed by atoms with Crippen molar-refractivity contribution in [2.24, 2.45) is 0 Å². The summed E-state index contributed by atoms with van der Waals surface area (Å²) in [6, 6.07) is 5.96. The normalized spacial score (nSPS) is 10.3. The Bertz CT molecular complexity index is 577. The molecule has 0 unspecified atom stereocenters. The summed E-state index contributed by atoms with van der Waals surface area (Å²) in [6.45, 7) is 2.10. The van der Waals surface area contributed by atoms with Gasteiger partial charge in [0.2, 0.25) is 0 Å². The van der Waals surface area contributed by atoms with Crippen LogP contribution in [0.4, 0.5) is 4.39 Å². The van der Waals surface area contributed by atoms with Crippen LogP contribution in [0, 0.1) is 12.7 Å². The summed E-state index contributed by atoms with van der Waals surface area (Å²) in [7, 11) is 0. The second-order valence-electron chi connectivity index (χ2n) is 3.81. The number of rotatable bonds is 4. The van der Waals surface area contributed by atoms with Crippen LogP contribution in [0.1, 0.15) is 20.8 Å². The summed E-state index contributed by atoms with van der Waals surface area (Å²) >= 11 is 1.11. The summed E-state index contributed by atoms with van der Waals surface area (Å²) in [6.07, 6.45) is 0. The molecule has 0 aliphatic carbocycles. The molecular weight excluding hydrogens is 255 g/mol. The number of ether oxygens (including phenoxy) is 1. The second-order valence-corrected chi connectivity index (χ2v) is 4.72. The Labute approximate surface area is 107 Å². The van der Waals surface area contributed by atoms with Gasteiger partial charge in [0, 0.05) is 11.4 Å². The fourth-order valence-corrected chi connectivity index (χ4v) is 2.15. The zero-order valence-corrected chi connectivity index (χ0v) is 10.5. The molecule has 0 aliphatic heterocycles. The van der Waals surface area contributed by atoms with Gasteiger partial charge in [0.15, 0.2) is 0 Å². The third kappa shape index (κ3) is 2.87. The molecule has 2 rings (SSSR count). The predicted octanol–water partition coefficient (Wildman–Crippen LogP) is 3.47. The topological polar surface area (TPSA) is 46.5 Å². The number of thiophene rings is 1. The first-order valence-electron chi connectivity index (χ1n) is 5.26. The van der Waals surface area contributed by atoms with Crippen LogP contribution in [0.15, 0.2) is 29.6 Å². The molecule has 0 saturated heterocycles. The standard InChI is InChI=1S/C13H11FO3S/c1-8-4-10(14)3-2-9(8)6-17-11-5-12(13(15)16)18-7-11/h2-5,7H,6H2,1H3,(H,15,16). The molecule has 1 aromatic carbocycles. The molecule has 0 radical (unpaired) electrons. The van der Waals surface area contributed by atoms with Crippen LogP contribution in [-0.2, 0) is 6.61 Å². The van der Waals surface area contributed by atoms with Crippen molar-refractivity contribution in [3.05, 3.63) is 51.5 Å². The van der Waals surface area contributed by atoms with E-state index < -0.39 is 5.97 Å². The van der Waals surface area contributed by atoms with Gasteiger partial charge in [0.25, 0.3) is 0 Å². The third-order valence-corrected chi connectivity index (χ3v) is 3.38. The summed E-state index contributed by atoms with van der Waals surface area (Å²) < 4.78 is 18.4. The van der Waals surface area contributed by atoms with Crippen molar-refractivity contribution in [2.75, 3.05) is 0 Å². The maximum atomic E-state index is 12.9. The second kappa shape index (κ2) is 5.18. The first kappa shape index (κ1) is 12.6. The molecular formula is C13H11FO3S. The highest BCUT2D eigenvalue weighted by Crippen LogP contribution is 2.23. The van der Waals surface area contributed by atoms with Crippen molar-refractivity contribution in [3.8, 4) is 5.75 Å². The highest BCUT2D eigenvalue weighted by Gasteiger charge is 2.08. The Morgan fingerprint density at radius 3 is 2.83 bits per heavy atom. The SMILES string of the molecule is Cc1cc(F)ccc1COc1csc(C(=O)O)c1. The van der Waals surface area contributed by atoms with Crippen LogP contribution in [-0.4, -0.2) is 11.1 Å². The van der Waals surface area contributed by atoms with E-state index in [4.69, 9.17) is 9.84 Å². The minimum absolute atomic E-state index is 0.237. The molecule has 0 fully saturated rings. The molecule has 0 aliphatic rings. The average Bonchev–Trinajstić information content (AvgIpc) is 2.76. The molecule has 1 aromatic heterocycles. The zero-order valence-electron chi connectivity index (χ0n) is 9.64. The quantitative estimate of drug-likeness (QED) is 0.921. The molecule has 2 aromatic rings. The molecule has 0 saturated carbocycles. The van der Waals surface area contributed by atoms with Crippen LogP contribution in [0.25, 0.3) is 0 Å². The van der Waals surface area contributed by atoms with Gasteiger partial charge in [-0.15, -0.1) is 11.3 Å². The summed E-state index contributed by atoms with van der Waals surface area (Å²) in [5.74, 6) is -0.728. The van der Waals surface area contributed by atoms with Crippen molar-refractivity contribution < 1.29 is 19.0 Å². The van der Waals surface area contributed by atoms with Crippen LogP contribution >= 0.6 is 11.3 Å². The first-order valence-corrected chi connectivity index (χ1v) is 6.14. The fourth-order valence-electron chi connectivity index (χ4n) is 1.49. The van der Waals surface area contributed by atoms with Gasteiger partial charge in [-0.25, -0.2) is 9.18 Å². The van der Waals surface area contributed by atoms with E-state index in [1.165, 1.54) is 18.2 Å². The number of benzene rings is 1. The molecule has 0 amide bonds. The van der Waals surface area contributed by atoms with E-state index in [0.717, 1.165) is 22.5 Å². The lowest BCUT2D eigenvalue weighted by molar-refractivity contribution is 0.0702. The maximum Gasteiger partial charge on any atom is 0.346 e. The lowest BCUT2D eigenvalue weighted by atomic mass is 10.1. The monoisotopic (exact) mass is 266 g/mol. The largest absolute Gasteiger partial charge is 0.488 e. The van der Waals surface area contributed by atoms with E-state index in [0.29, 0.717) is 12.4 Å². The Morgan fingerprint density at radius 2 is 2.22 bits per heavy atom. The van der Waals surface area contributed by atoms with Gasteiger partial charge in [-0.1, -0.05) is 6.07 Å². The van der Waals surface area contributed by atoms with Crippen molar-refractivity contribution in [2.45, 2.75) is 13.5 Å². The van der Waals surface area contributed by atoms with Crippen LogP contribution in [0.2, 0.25) is 0 Å². The summed E-state index contributed by atoms with van der Waals surface area (Å²) in [5.41, 5.74) is 1.68. The fraction of sp³-hybridized carbons (Fsp3) is 0.154. The van der Waals surface area contributed by atoms with E-state index in [2.05, 4.69) is 0 Å². The molecule has 1 heterocycles. The molecule has 0 atom stereocenters. The smallest absolute Gasteiger partial charge is 0.346 e. The van der Waals surface area contributed by atoms with E-state index in [-0.39, 0.29) is 10.7 Å². The molecule has 0 spiro atoms. The van der Waals surface area contributed by atoms with Gasteiger partial charge in [-0.05, 0) is 30.2 Å². The van der Waals surface area contributed by atoms with Crippen molar-refractivity contribution >= 4 is 17.3 Å². The Kier molecular flexibility index (Phi) is 3.62.